The summed E-state index contributed by atoms with van der Waals surface area (Å²) in [6.07, 6.45) is 0. The average molecular weight is 229 g/mol. The third-order valence-corrected chi connectivity index (χ3v) is 2.02. The molecule has 0 saturated carbocycles. The summed E-state index contributed by atoms with van der Waals surface area (Å²) < 4.78 is 31.5. The largest absolute Gasteiger partial charge is 0.398 e. The van der Waals surface area contributed by atoms with Gasteiger partial charge in [-0.3, -0.25) is 4.55 Å². The molecule has 0 amide bonds. The smallest absolute Gasteiger partial charge is 0.263 e. The second kappa shape index (κ2) is 3.94. The van der Waals surface area contributed by atoms with Crippen molar-refractivity contribution in [2.24, 2.45) is 0 Å². The van der Waals surface area contributed by atoms with Crippen LogP contribution in [0.4, 0.5) is 0 Å². The molecule has 0 radical (unpaired) electrons. The van der Waals surface area contributed by atoms with Crippen molar-refractivity contribution in [3.8, 4) is 0 Å². The third-order valence-electron chi connectivity index (χ3n) is 0.412. The molecule has 0 fully saturated rings. The van der Waals surface area contributed by atoms with Crippen LogP contribution in [-0.4, -0.2) is 23.4 Å². The molecular weight excluding hydrogens is 226 g/mol. The minimum absolute atomic E-state index is 1.22. The zero-order chi connectivity index (χ0) is 8.36. The predicted octanol–water partition coefficient (Wildman–Crippen LogP) is 1.17. The van der Waals surface area contributed by atoms with Gasteiger partial charge in [0.25, 0.3) is 0 Å². The summed E-state index contributed by atoms with van der Waals surface area (Å²) in [5.74, 6) is 0. The summed E-state index contributed by atoms with van der Waals surface area (Å²) in [6.45, 7) is 0. The van der Waals surface area contributed by atoms with Crippen molar-refractivity contribution in [1.29, 1.82) is 0 Å². The molecule has 0 aliphatic heterocycles. The van der Waals surface area contributed by atoms with E-state index in [4.69, 9.17) is 39.4 Å². The minimum atomic E-state index is -4.57. The number of rotatable bonds is 3. The van der Waals surface area contributed by atoms with Crippen LogP contribution in [-0.2, 0) is 14.6 Å². The van der Waals surface area contributed by atoms with Gasteiger partial charge in [-0.25, -0.2) is 4.18 Å². The molecule has 4 nitrogen and oxygen atoms in total. The first-order valence-electron chi connectivity index (χ1n) is 1.91. The summed E-state index contributed by atoms with van der Waals surface area (Å²) in [5.41, 5.74) is -1.47. The molecule has 0 aliphatic rings. The van der Waals surface area contributed by atoms with Crippen molar-refractivity contribution < 1.29 is 17.2 Å². The van der Waals surface area contributed by atoms with Crippen LogP contribution < -0.4 is 0 Å². The normalized spacial score (nSPS) is 15.7. The highest BCUT2D eigenvalue weighted by molar-refractivity contribution is 7.81. The van der Waals surface area contributed by atoms with Crippen LogP contribution >= 0.6 is 34.8 Å². The van der Waals surface area contributed by atoms with Crippen molar-refractivity contribution in [1.82, 2.24) is 0 Å². The molecule has 0 bridgehead atoms. The summed E-state index contributed by atoms with van der Waals surface area (Å²) >= 11 is 15.2. The summed E-state index contributed by atoms with van der Waals surface area (Å²) in [7, 11) is -4.57. The molecule has 0 heterocycles. The molecule has 0 aliphatic carbocycles. The molecule has 0 saturated heterocycles. The minimum Gasteiger partial charge on any atom is -0.263 e. The lowest BCUT2D eigenvalue weighted by Crippen LogP contribution is -2.17. The van der Waals surface area contributed by atoms with Crippen LogP contribution in [0.25, 0.3) is 0 Å². The number of hydrogen-bond donors (Lipinski definition) is 1. The second-order valence-corrected chi connectivity index (χ2v) is 3.85. The quantitative estimate of drug-likeness (QED) is 0.583. The fourth-order valence-electron chi connectivity index (χ4n) is 0.158. The van der Waals surface area contributed by atoms with Crippen molar-refractivity contribution in [2.75, 3.05) is 0 Å². The maximum absolute atomic E-state index is 9.88. The lowest BCUT2D eigenvalue weighted by atomic mass is 10.8. The van der Waals surface area contributed by atoms with Gasteiger partial charge in [-0.15, -0.1) is 23.2 Å². The number of hydrogen-bond acceptors (Lipinski definition) is 3. The van der Waals surface area contributed by atoms with Crippen LogP contribution in [0.1, 0.15) is 0 Å². The van der Waals surface area contributed by atoms with E-state index in [1.165, 1.54) is 0 Å². The Morgan fingerprint density at radius 3 is 1.80 bits per heavy atom. The van der Waals surface area contributed by atoms with Gasteiger partial charge in [-0.05, 0) is 0 Å². The van der Waals surface area contributed by atoms with Gasteiger partial charge in [0.05, 0.1) is 0 Å². The van der Waals surface area contributed by atoms with Crippen LogP contribution in [0.3, 0.4) is 0 Å². The molecule has 10 heavy (non-hydrogen) atoms. The van der Waals surface area contributed by atoms with Gasteiger partial charge < -0.3 is 0 Å². The fraction of sp³-hybridized carbons (Fsp3) is 1.00. The summed E-state index contributed by atoms with van der Waals surface area (Å²) in [6, 6.07) is 0. The van der Waals surface area contributed by atoms with E-state index in [0.29, 0.717) is 0 Å². The van der Waals surface area contributed by atoms with E-state index >= 15 is 0 Å². The van der Waals surface area contributed by atoms with Crippen molar-refractivity contribution in [2.45, 2.75) is 10.4 Å². The van der Waals surface area contributed by atoms with E-state index in [0.717, 1.165) is 0 Å². The van der Waals surface area contributed by atoms with Crippen LogP contribution in [0, 0.1) is 0 Å². The van der Waals surface area contributed by atoms with Crippen molar-refractivity contribution in [3.05, 3.63) is 0 Å². The number of halogens is 3. The van der Waals surface area contributed by atoms with E-state index in [9.17, 15) is 8.42 Å². The third kappa shape index (κ3) is 5.52. The fourth-order valence-corrected chi connectivity index (χ4v) is 1.00. The molecule has 0 aromatic carbocycles. The van der Waals surface area contributed by atoms with Gasteiger partial charge in [0.2, 0.25) is 0 Å². The highest BCUT2D eigenvalue weighted by Gasteiger charge is 2.20. The molecular formula is C2H3Cl3O4S. The molecule has 0 rings (SSSR count). The Hall–Kier alpha value is 0.740. The Kier molecular flexibility index (Phi) is 4.23. The van der Waals surface area contributed by atoms with Gasteiger partial charge in [-0.1, -0.05) is 11.6 Å². The second-order valence-electron chi connectivity index (χ2n) is 1.21. The first-order chi connectivity index (χ1) is 4.33. The predicted molar refractivity (Wildman–Crippen MR) is 37.8 cm³/mol. The van der Waals surface area contributed by atoms with Gasteiger partial charge in [0, 0.05) is 0 Å². The molecule has 0 spiro atoms. The Morgan fingerprint density at radius 2 is 1.70 bits per heavy atom. The summed E-state index contributed by atoms with van der Waals surface area (Å²) in [4.78, 5) is -1.22. The van der Waals surface area contributed by atoms with Gasteiger partial charge in [0.1, 0.15) is 4.84 Å². The van der Waals surface area contributed by atoms with Crippen LogP contribution in [0.5, 0.6) is 0 Å². The first kappa shape index (κ1) is 10.7. The Morgan fingerprint density at radius 1 is 1.30 bits per heavy atom. The van der Waals surface area contributed by atoms with Crippen molar-refractivity contribution >= 4 is 45.2 Å². The van der Waals surface area contributed by atoms with Gasteiger partial charge in [0.15, 0.2) is 5.56 Å². The summed E-state index contributed by atoms with van der Waals surface area (Å²) in [5, 5.41) is 0. The zero-order valence-corrected chi connectivity index (χ0v) is 7.45. The van der Waals surface area contributed by atoms with E-state index in [2.05, 4.69) is 4.18 Å². The highest BCUT2D eigenvalue weighted by Crippen LogP contribution is 2.16. The van der Waals surface area contributed by atoms with E-state index < -0.39 is 20.8 Å². The van der Waals surface area contributed by atoms with Crippen molar-refractivity contribution in [3.63, 3.8) is 0 Å². The first-order valence-corrected chi connectivity index (χ1v) is 4.58. The van der Waals surface area contributed by atoms with Crippen LogP contribution in [0.15, 0.2) is 0 Å². The zero-order valence-electron chi connectivity index (χ0n) is 4.37. The maximum atomic E-state index is 9.88. The number of alkyl halides is 3. The standard InChI is InChI=1S/C2H3Cl3O4S/c3-1(4)2(5)9-10(6,7)8/h1-2H,(H,6,7,8). The average Bonchev–Trinajstić information content (AvgIpc) is 1.60. The molecule has 1 atom stereocenters. The Balaban J connectivity index is 3.93. The monoisotopic (exact) mass is 228 g/mol. The molecule has 0 aromatic rings. The molecule has 62 valence electrons. The van der Waals surface area contributed by atoms with Gasteiger partial charge >= 0.3 is 10.4 Å². The lowest BCUT2D eigenvalue weighted by molar-refractivity contribution is 0.253. The Bertz CT molecular complexity index is 187. The molecule has 8 heteroatoms. The van der Waals surface area contributed by atoms with Crippen LogP contribution in [0.2, 0.25) is 0 Å². The maximum Gasteiger partial charge on any atom is 0.398 e. The highest BCUT2D eigenvalue weighted by atomic mass is 35.5. The molecule has 1 unspecified atom stereocenters. The Labute approximate surface area is 73.0 Å². The lowest BCUT2D eigenvalue weighted by Gasteiger charge is -2.06. The SMILES string of the molecule is O=S(=O)(O)OC(Cl)C(Cl)Cl. The van der Waals surface area contributed by atoms with E-state index in [1.807, 2.05) is 0 Å². The molecule has 1 N–H and O–H groups in total. The van der Waals surface area contributed by atoms with Gasteiger partial charge in [-0.2, -0.15) is 8.42 Å². The van der Waals surface area contributed by atoms with E-state index in [-0.39, 0.29) is 0 Å². The topological polar surface area (TPSA) is 63.6 Å². The molecule has 0 aromatic heterocycles. The van der Waals surface area contributed by atoms with E-state index in [1.54, 1.807) is 0 Å².